The first-order valence-electron chi connectivity index (χ1n) is 7.25. The van der Waals surface area contributed by atoms with Gasteiger partial charge < -0.3 is 4.90 Å². The molecule has 0 aliphatic heterocycles. The lowest BCUT2D eigenvalue weighted by Gasteiger charge is -2.28. The third-order valence-corrected chi connectivity index (χ3v) is 4.95. The highest BCUT2D eigenvalue weighted by Gasteiger charge is 2.34. The maximum absolute atomic E-state index is 13.1. The molecule has 0 radical (unpaired) electrons. The van der Waals surface area contributed by atoms with Crippen molar-refractivity contribution in [1.29, 1.82) is 5.26 Å². The number of hydrogen-bond donors (Lipinski definition) is 0. The Bertz CT molecular complexity index is 794. The van der Waals surface area contributed by atoms with Crippen LogP contribution in [0.2, 0.25) is 0 Å². The minimum atomic E-state index is -4.56. The van der Waals surface area contributed by atoms with E-state index in [-0.39, 0.29) is 11.6 Å². The van der Waals surface area contributed by atoms with Crippen LogP contribution in [0.3, 0.4) is 0 Å². The molecule has 2 rings (SSSR count). The van der Waals surface area contributed by atoms with Crippen molar-refractivity contribution in [2.75, 3.05) is 11.9 Å². The van der Waals surface area contributed by atoms with Gasteiger partial charge in [-0.25, -0.2) is 0 Å². The Labute approximate surface area is 147 Å². The zero-order valence-electron chi connectivity index (χ0n) is 13.4. The van der Waals surface area contributed by atoms with Gasteiger partial charge in [-0.05, 0) is 49.2 Å². The average molecular weight is 397 g/mol. The quantitative estimate of drug-likeness (QED) is 0.650. The zero-order chi connectivity index (χ0) is 18.1. The van der Waals surface area contributed by atoms with E-state index in [0.717, 1.165) is 21.7 Å². The highest BCUT2D eigenvalue weighted by Crippen LogP contribution is 2.36. The molecule has 6 heteroatoms. The first kappa shape index (κ1) is 18.3. The van der Waals surface area contributed by atoms with Gasteiger partial charge in [0, 0.05) is 17.2 Å². The number of anilines is 1. The van der Waals surface area contributed by atoms with Crippen molar-refractivity contribution in [3.05, 3.63) is 63.1 Å². The standard InChI is InChI=1S/C18H16BrF3N2/c1-11-4-5-13(8-17(11)19)12(2)24(3)15-7-6-14(10-23)16(9-15)18(20,21)22/h4-9,12H,1-3H3. The summed E-state index contributed by atoms with van der Waals surface area (Å²) < 4.78 is 40.3. The Morgan fingerprint density at radius 3 is 2.38 bits per heavy atom. The van der Waals surface area contributed by atoms with E-state index in [1.165, 1.54) is 12.1 Å². The van der Waals surface area contributed by atoms with E-state index in [1.807, 2.05) is 32.0 Å². The second kappa shape index (κ2) is 6.86. The van der Waals surface area contributed by atoms with Gasteiger partial charge in [-0.15, -0.1) is 0 Å². The van der Waals surface area contributed by atoms with Gasteiger partial charge in [-0.3, -0.25) is 0 Å². The molecule has 0 heterocycles. The largest absolute Gasteiger partial charge is 0.417 e. The number of benzene rings is 2. The minimum absolute atomic E-state index is 0.129. The summed E-state index contributed by atoms with van der Waals surface area (Å²) >= 11 is 3.47. The summed E-state index contributed by atoms with van der Waals surface area (Å²) in [6.07, 6.45) is -4.56. The summed E-state index contributed by atoms with van der Waals surface area (Å²) in [7, 11) is 1.74. The van der Waals surface area contributed by atoms with Crippen molar-refractivity contribution in [2.24, 2.45) is 0 Å². The Kier molecular flexibility index (Phi) is 5.24. The number of nitriles is 1. The maximum Gasteiger partial charge on any atom is 0.417 e. The smallest absolute Gasteiger partial charge is 0.368 e. The number of hydrogen-bond acceptors (Lipinski definition) is 2. The van der Waals surface area contributed by atoms with Crippen LogP contribution in [0.5, 0.6) is 0 Å². The molecule has 0 aromatic heterocycles. The monoisotopic (exact) mass is 396 g/mol. The summed E-state index contributed by atoms with van der Waals surface area (Å²) in [6, 6.07) is 11.1. The summed E-state index contributed by atoms with van der Waals surface area (Å²) in [5.41, 5.74) is 1.20. The van der Waals surface area contributed by atoms with E-state index < -0.39 is 11.7 Å². The van der Waals surface area contributed by atoms with Crippen LogP contribution < -0.4 is 4.90 Å². The van der Waals surface area contributed by atoms with Gasteiger partial charge in [-0.1, -0.05) is 28.1 Å². The summed E-state index contributed by atoms with van der Waals surface area (Å²) in [4.78, 5) is 1.76. The van der Waals surface area contributed by atoms with Gasteiger partial charge in [0.25, 0.3) is 0 Å². The van der Waals surface area contributed by atoms with Crippen LogP contribution in [0.15, 0.2) is 40.9 Å². The molecule has 2 nitrogen and oxygen atoms in total. The van der Waals surface area contributed by atoms with Crippen LogP contribution >= 0.6 is 15.9 Å². The second-order valence-corrected chi connectivity index (χ2v) is 6.49. The van der Waals surface area contributed by atoms with Crippen LogP contribution in [0.25, 0.3) is 0 Å². The molecule has 126 valence electrons. The summed E-state index contributed by atoms with van der Waals surface area (Å²) in [5.74, 6) is 0. The van der Waals surface area contributed by atoms with Crippen LogP contribution in [-0.4, -0.2) is 7.05 Å². The van der Waals surface area contributed by atoms with E-state index >= 15 is 0 Å². The molecule has 0 N–H and O–H groups in total. The third kappa shape index (κ3) is 3.73. The molecule has 0 saturated heterocycles. The number of nitrogens with zero attached hydrogens (tertiary/aromatic N) is 2. The highest BCUT2D eigenvalue weighted by atomic mass is 79.9. The fourth-order valence-electron chi connectivity index (χ4n) is 2.40. The Balaban J connectivity index is 2.40. The number of rotatable bonds is 3. The first-order chi connectivity index (χ1) is 11.1. The SMILES string of the molecule is Cc1ccc(C(C)N(C)c2ccc(C#N)c(C(F)(F)F)c2)cc1Br. The van der Waals surface area contributed by atoms with Crippen molar-refractivity contribution in [3.8, 4) is 6.07 Å². The molecular formula is C18H16BrF3N2. The number of aryl methyl sites for hydroxylation is 1. The van der Waals surface area contributed by atoms with Gasteiger partial charge in [0.2, 0.25) is 0 Å². The molecular weight excluding hydrogens is 381 g/mol. The van der Waals surface area contributed by atoms with Crippen LogP contribution in [0.1, 0.15) is 35.2 Å². The van der Waals surface area contributed by atoms with Crippen LogP contribution in [0, 0.1) is 18.3 Å². The second-order valence-electron chi connectivity index (χ2n) is 5.63. The molecule has 0 aliphatic rings. The Morgan fingerprint density at radius 2 is 1.83 bits per heavy atom. The van der Waals surface area contributed by atoms with Gasteiger partial charge in [0.05, 0.1) is 23.2 Å². The van der Waals surface area contributed by atoms with E-state index in [1.54, 1.807) is 18.0 Å². The van der Waals surface area contributed by atoms with Crippen molar-refractivity contribution < 1.29 is 13.2 Å². The molecule has 24 heavy (non-hydrogen) atoms. The average Bonchev–Trinajstić information content (AvgIpc) is 2.54. The predicted octanol–water partition coefficient (Wildman–Crippen LogP) is 5.85. The van der Waals surface area contributed by atoms with Gasteiger partial charge in [0.1, 0.15) is 0 Å². The third-order valence-electron chi connectivity index (χ3n) is 4.10. The summed E-state index contributed by atoms with van der Waals surface area (Å²) in [6.45, 7) is 3.89. The molecule has 0 saturated carbocycles. The Morgan fingerprint density at radius 1 is 1.17 bits per heavy atom. The lowest BCUT2D eigenvalue weighted by atomic mass is 10.0. The van der Waals surface area contributed by atoms with E-state index in [0.29, 0.717) is 5.69 Å². The Hall–Kier alpha value is -2.00. The first-order valence-corrected chi connectivity index (χ1v) is 8.04. The topological polar surface area (TPSA) is 27.0 Å². The van der Waals surface area contributed by atoms with Crippen LogP contribution in [0.4, 0.5) is 18.9 Å². The molecule has 0 bridgehead atoms. The fourth-order valence-corrected chi connectivity index (χ4v) is 2.80. The molecule has 1 atom stereocenters. The molecule has 0 fully saturated rings. The molecule has 1 unspecified atom stereocenters. The predicted molar refractivity (Wildman–Crippen MR) is 91.9 cm³/mol. The molecule has 0 amide bonds. The molecule has 0 aliphatic carbocycles. The summed E-state index contributed by atoms with van der Waals surface area (Å²) in [5, 5.41) is 8.89. The van der Waals surface area contributed by atoms with Crippen LogP contribution in [-0.2, 0) is 6.18 Å². The number of alkyl halides is 3. The lowest BCUT2D eigenvalue weighted by Crippen LogP contribution is -2.22. The van der Waals surface area contributed by atoms with E-state index in [2.05, 4.69) is 15.9 Å². The molecule has 2 aromatic rings. The maximum atomic E-state index is 13.1. The van der Waals surface area contributed by atoms with Crippen molar-refractivity contribution in [3.63, 3.8) is 0 Å². The van der Waals surface area contributed by atoms with Crippen molar-refractivity contribution in [1.82, 2.24) is 0 Å². The zero-order valence-corrected chi connectivity index (χ0v) is 15.0. The van der Waals surface area contributed by atoms with Gasteiger partial charge in [-0.2, -0.15) is 18.4 Å². The number of halogens is 4. The van der Waals surface area contributed by atoms with Gasteiger partial charge >= 0.3 is 6.18 Å². The van der Waals surface area contributed by atoms with Crippen molar-refractivity contribution in [2.45, 2.75) is 26.1 Å². The fraction of sp³-hybridized carbons (Fsp3) is 0.278. The van der Waals surface area contributed by atoms with E-state index in [9.17, 15) is 13.2 Å². The molecule has 2 aromatic carbocycles. The van der Waals surface area contributed by atoms with Crippen molar-refractivity contribution >= 4 is 21.6 Å². The lowest BCUT2D eigenvalue weighted by molar-refractivity contribution is -0.137. The molecule has 0 spiro atoms. The highest BCUT2D eigenvalue weighted by molar-refractivity contribution is 9.10. The minimum Gasteiger partial charge on any atom is -0.368 e. The van der Waals surface area contributed by atoms with E-state index in [4.69, 9.17) is 5.26 Å². The van der Waals surface area contributed by atoms with Gasteiger partial charge in [0.15, 0.2) is 0 Å². The normalized spacial score (nSPS) is 12.6.